The maximum atomic E-state index is 13.3. The molecule has 0 aromatic heterocycles. The molecule has 4 fully saturated rings. The first-order valence-corrected chi connectivity index (χ1v) is 15.7. The van der Waals surface area contributed by atoms with Crippen LogP contribution in [0.4, 0.5) is 5.69 Å². The van der Waals surface area contributed by atoms with Crippen molar-refractivity contribution >= 4 is 40.8 Å². The molecule has 5 rings (SSSR count). The minimum absolute atomic E-state index is 0.0218. The molecule has 38 heavy (non-hydrogen) atoms. The average molecular weight is 564 g/mol. The van der Waals surface area contributed by atoms with Crippen LogP contribution >= 0.6 is 23.2 Å². The monoisotopic (exact) mass is 562 g/mol. The fourth-order valence-corrected chi connectivity index (χ4v) is 9.26. The minimum atomic E-state index is -0.225. The number of carbonyl (C=O) groups excluding carboxylic acids is 2. The number of amides is 1. The normalized spacial score (nSPS) is 36.3. The van der Waals surface area contributed by atoms with E-state index in [-0.39, 0.29) is 23.5 Å². The third kappa shape index (κ3) is 5.19. The Hall–Kier alpha value is -1.46. The molecule has 0 radical (unpaired) electrons. The molecule has 1 amide bonds. The fraction of sp³-hybridized carbons (Fsp3) is 0.742. The second kappa shape index (κ2) is 11.2. The SMILES string of the molecule is Cc1ccc(C(=O)O[C@H]2CC[C@]3(C)C4CC[C@]5(C)NC(=O)CCC5C4CC[C@H]3C2)cc1N(CCCl)CCCl. The summed E-state index contributed by atoms with van der Waals surface area (Å²) in [5.74, 6) is 3.61. The summed E-state index contributed by atoms with van der Waals surface area (Å²) in [5.41, 5.74) is 2.97. The molecule has 1 aromatic rings. The van der Waals surface area contributed by atoms with Crippen molar-refractivity contribution in [1.82, 2.24) is 5.32 Å². The van der Waals surface area contributed by atoms with Gasteiger partial charge in [0, 0.05) is 42.5 Å². The Labute approximate surface area is 238 Å². The van der Waals surface area contributed by atoms with E-state index in [4.69, 9.17) is 27.9 Å². The molecule has 1 aromatic carbocycles. The average Bonchev–Trinajstić information content (AvgIpc) is 2.88. The number of carbonyl (C=O) groups is 2. The molecule has 7 atom stereocenters. The van der Waals surface area contributed by atoms with Crippen molar-refractivity contribution < 1.29 is 14.3 Å². The van der Waals surface area contributed by atoms with Crippen LogP contribution in [0.1, 0.15) is 87.6 Å². The summed E-state index contributed by atoms with van der Waals surface area (Å²) >= 11 is 12.1. The number of benzene rings is 1. The molecular weight excluding hydrogens is 519 g/mol. The lowest BCUT2D eigenvalue weighted by molar-refractivity contribution is -0.142. The lowest BCUT2D eigenvalue weighted by Crippen LogP contribution is -2.63. The van der Waals surface area contributed by atoms with Crippen LogP contribution < -0.4 is 10.2 Å². The number of aryl methyl sites for hydroxylation is 1. The zero-order valence-corrected chi connectivity index (χ0v) is 24.8. The number of alkyl halides is 2. The van der Waals surface area contributed by atoms with Crippen LogP contribution in [-0.2, 0) is 9.53 Å². The number of rotatable bonds is 7. The van der Waals surface area contributed by atoms with Crippen molar-refractivity contribution in [2.75, 3.05) is 29.7 Å². The predicted molar refractivity (Wildman–Crippen MR) is 154 cm³/mol. The third-order valence-corrected chi connectivity index (χ3v) is 11.2. The van der Waals surface area contributed by atoms with Crippen molar-refractivity contribution in [1.29, 1.82) is 0 Å². The molecule has 7 heteroatoms. The summed E-state index contributed by atoms with van der Waals surface area (Å²) < 4.78 is 6.16. The van der Waals surface area contributed by atoms with Crippen molar-refractivity contribution in [3.8, 4) is 0 Å². The highest BCUT2D eigenvalue weighted by Crippen LogP contribution is 2.62. The summed E-state index contributed by atoms with van der Waals surface area (Å²) in [7, 11) is 0. The Morgan fingerprint density at radius 2 is 1.82 bits per heavy atom. The number of nitrogens with one attached hydrogen (secondary N) is 1. The first kappa shape index (κ1) is 28.1. The van der Waals surface area contributed by atoms with Crippen LogP contribution in [0.15, 0.2) is 18.2 Å². The minimum Gasteiger partial charge on any atom is -0.459 e. The van der Waals surface area contributed by atoms with Gasteiger partial charge in [-0.15, -0.1) is 23.2 Å². The number of piperidine rings is 1. The Morgan fingerprint density at radius 3 is 2.55 bits per heavy atom. The first-order chi connectivity index (χ1) is 18.2. The van der Waals surface area contributed by atoms with Crippen LogP contribution in [0, 0.1) is 36.0 Å². The lowest BCUT2D eigenvalue weighted by atomic mass is 9.45. The number of ether oxygens (including phenoxy) is 1. The van der Waals surface area contributed by atoms with E-state index in [0.29, 0.717) is 65.9 Å². The van der Waals surface area contributed by atoms with Crippen LogP contribution in [-0.4, -0.2) is 48.4 Å². The van der Waals surface area contributed by atoms with Gasteiger partial charge in [-0.25, -0.2) is 4.79 Å². The van der Waals surface area contributed by atoms with Crippen LogP contribution in [0.5, 0.6) is 0 Å². The van der Waals surface area contributed by atoms with Crippen molar-refractivity contribution in [2.24, 2.45) is 29.1 Å². The van der Waals surface area contributed by atoms with Crippen LogP contribution in [0.3, 0.4) is 0 Å². The summed E-state index contributed by atoms with van der Waals surface area (Å²) in [6.45, 7) is 8.23. The maximum absolute atomic E-state index is 13.3. The van der Waals surface area contributed by atoms with Gasteiger partial charge in [-0.2, -0.15) is 0 Å². The van der Waals surface area contributed by atoms with E-state index in [1.807, 2.05) is 25.1 Å². The number of fused-ring (bicyclic) bond motifs is 5. The highest BCUT2D eigenvalue weighted by molar-refractivity contribution is 6.18. The summed E-state index contributed by atoms with van der Waals surface area (Å²) in [4.78, 5) is 27.6. The Balaban J connectivity index is 1.25. The molecule has 0 spiro atoms. The Kier molecular flexibility index (Phi) is 8.27. The van der Waals surface area contributed by atoms with E-state index in [1.165, 1.54) is 19.3 Å². The zero-order chi connectivity index (χ0) is 27.1. The van der Waals surface area contributed by atoms with Gasteiger partial charge in [0.2, 0.25) is 5.91 Å². The zero-order valence-electron chi connectivity index (χ0n) is 23.2. The van der Waals surface area contributed by atoms with Gasteiger partial charge in [0.05, 0.1) is 5.56 Å². The number of anilines is 1. The molecule has 1 heterocycles. The van der Waals surface area contributed by atoms with Gasteiger partial charge in [0.15, 0.2) is 0 Å². The van der Waals surface area contributed by atoms with E-state index in [9.17, 15) is 9.59 Å². The molecule has 1 N–H and O–H groups in total. The first-order valence-electron chi connectivity index (χ1n) is 14.7. The van der Waals surface area contributed by atoms with Crippen LogP contribution in [0.25, 0.3) is 0 Å². The second-order valence-corrected chi connectivity index (χ2v) is 13.6. The van der Waals surface area contributed by atoms with Crippen molar-refractivity contribution in [3.63, 3.8) is 0 Å². The van der Waals surface area contributed by atoms with Gasteiger partial charge in [0.1, 0.15) is 6.10 Å². The van der Waals surface area contributed by atoms with E-state index in [2.05, 4.69) is 24.1 Å². The van der Waals surface area contributed by atoms with Gasteiger partial charge < -0.3 is 15.0 Å². The van der Waals surface area contributed by atoms with E-state index in [0.717, 1.165) is 43.4 Å². The van der Waals surface area contributed by atoms with Gasteiger partial charge in [-0.1, -0.05) is 13.0 Å². The third-order valence-electron chi connectivity index (χ3n) is 10.9. The molecule has 0 bridgehead atoms. The maximum Gasteiger partial charge on any atom is 0.338 e. The molecule has 3 aliphatic carbocycles. The lowest BCUT2D eigenvalue weighted by Gasteiger charge is -2.62. The Bertz CT molecular complexity index is 1040. The van der Waals surface area contributed by atoms with Crippen molar-refractivity contribution in [2.45, 2.75) is 90.2 Å². The number of hydrogen-bond donors (Lipinski definition) is 1. The van der Waals surface area contributed by atoms with Crippen molar-refractivity contribution in [3.05, 3.63) is 29.3 Å². The molecule has 210 valence electrons. The highest BCUT2D eigenvalue weighted by atomic mass is 35.5. The molecule has 1 saturated heterocycles. The number of nitrogens with zero attached hydrogens (tertiary/aromatic N) is 1. The molecular formula is C31H44Cl2N2O3. The molecule has 4 aliphatic rings. The summed E-state index contributed by atoms with van der Waals surface area (Å²) in [5, 5.41) is 3.37. The van der Waals surface area contributed by atoms with E-state index in [1.54, 1.807) is 0 Å². The van der Waals surface area contributed by atoms with Gasteiger partial charge >= 0.3 is 5.97 Å². The smallest absolute Gasteiger partial charge is 0.338 e. The van der Waals surface area contributed by atoms with E-state index < -0.39 is 0 Å². The second-order valence-electron chi connectivity index (χ2n) is 12.9. The fourth-order valence-electron chi connectivity index (χ4n) is 8.85. The number of halogens is 2. The Morgan fingerprint density at radius 1 is 1.05 bits per heavy atom. The number of esters is 1. The summed E-state index contributed by atoms with van der Waals surface area (Å²) in [6.07, 6.45) is 9.43. The standard InChI is InChI=1S/C31H44Cl2N2O3/c1-20-4-5-21(18-27(20)35(16-14-32)17-15-33)29(37)38-23-10-12-30(2)22(19-23)6-7-24-25(30)11-13-31(3)26(24)8-9-28(36)34-31/h4-5,18,22-26H,6-17,19H2,1-3H3,(H,34,36)/t22-,23-,24?,25?,26?,30-,31-/m0/s1. The summed E-state index contributed by atoms with van der Waals surface area (Å²) in [6, 6.07) is 5.81. The topological polar surface area (TPSA) is 58.6 Å². The largest absolute Gasteiger partial charge is 0.459 e. The number of hydrogen-bond acceptors (Lipinski definition) is 4. The van der Waals surface area contributed by atoms with Gasteiger partial charge in [-0.05, 0) is 112 Å². The predicted octanol–water partition coefficient (Wildman–Crippen LogP) is 6.72. The molecule has 3 saturated carbocycles. The highest BCUT2D eigenvalue weighted by Gasteiger charge is 2.58. The quantitative estimate of drug-likeness (QED) is 0.296. The van der Waals surface area contributed by atoms with Crippen LogP contribution in [0.2, 0.25) is 0 Å². The van der Waals surface area contributed by atoms with Gasteiger partial charge in [-0.3, -0.25) is 4.79 Å². The van der Waals surface area contributed by atoms with Gasteiger partial charge in [0.25, 0.3) is 0 Å². The molecule has 3 unspecified atom stereocenters. The molecule has 5 nitrogen and oxygen atoms in total. The molecule has 1 aliphatic heterocycles. The van der Waals surface area contributed by atoms with E-state index >= 15 is 0 Å².